The summed E-state index contributed by atoms with van der Waals surface area (Å²) in [6.07, 6.45) is -0.431. The summed E-state index contributed by atoms with van der Waals surface area (Å²) >= 11 is 12.5. The summed E-state index contributed by atoms with van der Waals surface area (Å²) in [6.45, 7) is 1.82. The number of hydrogen-bond acceptors (Lipinski definition) is 7. The van der Waals surface area contributed by atoms with E-state index in [2.05, 4.69) is 9.69 Å². The molecule has 0 unspecified atom stereocenters. The van der Waals surface area contributed by atoms with E-state index in [1.165, 1.54) is 6.92 Å². The molecule has 0 spiro atoms. The van der Waals surface area contributed by atoms with Crippen LogP contribution in [-0.4, -0.2) is 43.1 Å². The minimum absolute atomic E-state index is 0.0210. The van der Waals surface area contributed by atoms with Crippen LogP contribution >= 0.6 is 34.7 Å². The van der Waals surface area contributed by atoms with Crippen LogP contribution in [0.15, 0.2) is 18.2 Å². The largest absolute Gasteiger partial charge is 0.493 e. The maximum Gasteiger partial charge on any atom is 0.360 e. The van der Waals surface area contributed by atoms with Crippen molar-refractivity contribution in [3.63, 3.8) is 0 Å². The fourth-order valence-corrected chi connectivity index (χ4v) is 3.15. The second kappa shape index (κ2) is 9.77. The zero-order chi connectivity index (χ0) is 20.0. The minimum Gasteiger partial charge on any atom is -0.493 e. The highest BCUT2D eigenvalue weighted by Gasteiger charge is 2.24. The van der Waals surface area contributed by atoms with Crippen molar-refractivity contribution < 1.29 is 23.8 Å². The zero-order valence-electron chi connectivity index (χ0n) is 14.9. The van der Waals surface area contributed by atoms with Crippen LogP contribution in [0.3, 0.4) is 0 Å². The fourth-order valence-electron chi connectivity index (χ4n) is 2.17. The number of benzene rings is 1. The molecular formula is C17H18Cl2N2O5S. The lowest BCUT2D eigenvalue weighted by molar-refractivity contribution is -0.129. The molecule has 0 radical (unpaired) electrons. The molecule has 7 nitrogen and oxygen atoms in total. The Bertz CT molecular complexity index is 828. The highest BCUT2D eigenvalue weighted by Crippen LogP contribution is 2.30. The third-order valence-corrected chi connectivity index (χ3v) is 5.22. The van der Waals surface area contributed by atoms with Crippen LogP contribution in [0.2, 0.25) is 9.36 Å². The molecule has 10 heteroatoms. The minimum atomic E-state index is -1.00. The fraction of sp³-hybridized carbons (Fsp3) is 0.353. The predicted octanol–water partition coefficient (Wildman–Crippen LogP) is 3.37. The van der Waals surface area contributed by atoms with E-state index in [0.29, 0.717) is 24.5 Å². The summed E-state index contributed by atoms with van der Waals surface area (Å²) in [4.78, 5) is 24.1. The first-order chi connectivity index (χ1) is 12.9. The van der Waals surface area contributed by atoms with Crippen LogP contribution in [0.5, 0.6) is 11.5 Å². The van der Waals surface area contributed by atoms with E-state index in [1.54, 1.807) is 20.3 Å². The first kappa shape index (κ1) is 21.3. The van der Waals surface area contributed by atoms with E-state index in [9.17, 15) is 9.59 Å². The van der Waals surface area contributed by atoms with E-state index in [1.807, 2.05) is 12.1 Å². The van der Waals surface area contributed by atoms with Gasteiger partial charge in [-0.3, -0.25) is 4.79 Å². The summed E-state index contributed by atoms with van der Waals surface area (Å²) in [5, 5.41) is 2.73. The van der Waals surface area contributed by atoms with Crippen LogP contribution in [0.25, 0.3) is 0 Å². The summed E-state index contributed by atoms with van der Waals surface area (Å²) in [7, 11) is 3.12. The normalized spacial score (nSPS) is 11.6. The first-order valence-corrected chi connectivity index (χ1v) is 9.40. The van der Waals surface area contributed by atoms with Gasteiger partial charge in [0.05, 0.1) is 14.2 Å². The Labute approximate surface area is 170 Å². The van der Waals surface area contributed by atoms with Gasteiger partial charge in [0, 0.05) is 6.54 Å². The van der Waals surface area contributed by atoms with Gasteiger partial charge in [-0.25, -0.2) is 4.79 Å². The van der Waals surface area contributed by atoms with Crippen LogP contribution in [0.4, 0.5) is 0 Å². The lowest BCUT2D eigenvalue weighted by Gasteiger charge is -2.13. The van der Waals surface area contributed by atoms with E-state index in [0.717, 1.165) is 17.1 Å². The SMILES string of the molecule is COc1ccc(CCNC(=O)[C@@H](C)OC(=O)c2nsc(Cl)c2Cl)cc1OC. The van der Waals surface area contributed by atoms with E-state index in [-0.39, 0.29) is 15.1 Å². The Hall–Kier alpha value is -2.03. The molecule has 0 saturated heterocycles. The molecule has 1 aromatic carbocycles. The molecule has 1 N–H and O–H groups in total. The number of methoxy groups -OCH3 is 2. The molecule has 2 aromatic rings. The van der Waals surface area contributed by atoms with Gasteiger partial charge in [-0.2, -0.15) is 4.37 Å². The van der Waals surface area contributed by atoms with Gasteiger partial charge in [-0.15, -0.1) is 0 Å². The Balaban J connectivity index is 1.84. The lowest BCUT2D eigenvalue weighted by Crippen LogP contribution is -2.37. The monoisotopic (exact) mass is 432 g/mol. The highest BCUT2D eigenvalue weighted by molar-refractivity contribution is 7.11. The predicted molar refractivity (Wildman–Crippen MR) is 103 cm³/mol. The van der Waals surface area contributed by atoms with Crippen molar-refractivity contribution in [3.8, 4) is 11.5 Å². The highest BCUT2D eigenvalue weighted by atomic mass is 35.5. The van der Waals surface area contributed by atoms with Gasteiger partial charge < -0.3 is 19.5 Å². The Morgan fingerprint density at radius 1 is 1.22 bits per heavy atom. The van der Waals surface area contributed by atoms with Crippen LogP contribution < -0.4 is 14.8 Å². The van der Waals surface area contributed by atoms with Gasteiger partial charge in [0.1, 0.15) is 9.36 Å². The number of carbonyl (C=O) groups is 2. The molecule has 1 aromatic heterocycles. The number of esters is 1. The smallest absolute Gasteiger partial charge is 0.360 e. The van der Waals surface area contributed by atoms with Gasteiger partial charge in [-0.1, -0.05) is 29.3 Å². The van der Waals surface area contributed by atoms with Crippen molar-refractivity contribution in [1.82, 2.24) is 9.69 Å². The van der Waals surface area contributed by atoms with Gasteiger partial charge in [0.2, 0.25) is 0 Å². The number of halogens is 2. The third-order valence-electron chi connectivity index (χ3n) is 3.60. The summed E-state index contributed by atoms with van der Waals surface area (Å²) in [5.41, 5.74) is 0.859. The summed E-state index contributed by atoms with van der Waals surface area (Å²) in [6, 6.07) is 5.51. The van der Waals surface area contributed by atoms with E-state index < -0.39 is 18.0 Å². The number of hydrogen-bond donors (Lipinski definition) is 1. The van der Waals surface area contributed by atoms with Crippen molar-refractivity contribution in [2.75, 3.05) is 20.8 Å². The lowest BCUT2D eigenvalue weighted by atomic mass is 10.1. The number of amides is 1. The van der Waals surface area contributed by atoms with Gasteiger partial charge in [0.15, 0.2) is 23.3 Å². The van der Waals surface area contributed by atoms with Crippen molar-refractivity contribution in [3.05, 3.63) is 38.8 Å². The molecule has 1 atom stereocenters. The van der Waals surface area contributed by atoms with Crippen molar-refractivity contribution in [2.24, 2.45) is 0 Å². The summed E-state index contributed by atoms with van der Waals surface area (Å²) < 4.78 is 19.5. The van der Waals surface area contributed by atoms with Crippen LogP contribution in [0, 0.1) is 0 Å². The number of rotatable bonds is 8. The van der Waals surface area contributed by atoms with Gasteiger partial charge in [-0.05, 0) is 42.6 Å². The third kappa shape index (κ3) is 5.47. The number of ether oxygens (including phenoxy) is 3. The molecular weight excluding hydrogens is 415 g/mol. The molecule has 0 bridgehead atoms. The number of carbonyl (C=O) groups excluding carboxylic acids is 2. The number of nitrogens with one attached hydrogen (secondary N) is 1. The van der Waals surface area contributed by atoms with E-state index in [4.69, 9.17) is 37.4 Å². The van der Waals surface area contributed by atoms with Crippen molar-refractivity contribution >= 4 is 46.6 Å². The second-order valence-corrected chi connectivity index (χ2v) is 7.15. The molecule has 0 aliphatic rings. The number of nitrogens with zero attached hydrogens (tertiary/aromatic N) is 1. The second-order valence-electron chi connectivity index (χ2n) is 5.40. The quantitative estimate of drug-likeness (QED) is 0.643. The molecule has 1 heterocycles. The molecule has 27 heavy (non-hydrogen) atoms. The molecule has 0 aliphatic heterocycles. The molecule has 2 rings (SSSR count). The maximum atomic E-state index is 12.1. The Morgan fingerprint density at radius 3 is 2.52 bits per heavy atom. The molecule has 0 fully saturated rings. The number of aromatic nitrogens is 1. The first-order valence-electron chi connectivity index (χ1n) is 7.87. The summed E-state index contributed by atoms with van der Waals surface area (Å²) in [5.74, 6) is 0.0148. The zero-order valence-corrected chi connectivity index (χ0v) is 17.2. The molecule has 0 saturated carbocycles. The average Bonchev–Trinajstić information content (AvgIpc) is 3.00. The van der Waals surface area contributed by atoms with E-state index >= 15 is 0 Å². The van der Waals surface area contributed by atoms with Gasteiger partial charge >= 0.3 is 5.97 Å². The topological polar surface area (TPSA) is 86.8 Å². The Morgan fingerprint density at radius 2 is 1.93 bits per heavy atom. The van der Waals surface area contributed by atoms with Crippen molar-refractivity contribution in [2.45, 2.75) is 19.4 Å². The average molecular weight is 433 g/mol. The van der Waals surface area contributed by atoms with Crippen LogP contribution in [-0.2, 0) is 16.0 Å². The van der Waals surface area contributed by atoms with Crippen LogP contribution in [0.1, 0.15) is 23.0 Å². The maximum absolute atomic E-state index is 12.1. The molecule has 0 aliphatic carbocycles. The van der Waals surface area contributed by atoms with Crippen molar-refractivity contribution in [1.29, 1.82) is 0 Å². The molecule has 1 amide bonds. The standard InChI is InChI=1S/C17H18Cl2N2O5S/c1-9(26-17(23)14-13(18)15(19)27-21-14)16(22)20-7-6-10-4-5-11(24-2)12(8-10)25-3/h4-5,8-9H,6-7H2,1-3H3,(H,20,22)/t9-/m1/s1. The molecule has 146 valence electrons. The Kier molecular flexibility index (Phi) is 7.70. The van der Waals surface area contributed by atoms with Gasteiger partial charge in [0.25, 0.3) is 5.91 Å².